The van der Waals surface area contributed by atoms with E-state index in [1.165, 1.54) is 0 Å². The van der Waals surface area contributed by atoms with Gasteiger partial charge in [-0.3, -0.25) is 0 Å². The van der Waals surface area contributed by atoms with Crippen LogP contribution in [-0.4, -0.2) is 17.1 Å². The van der Waals surface area contributed by atoms with Gasteiger partial charge in [-0.2, -0.15) is 5.26 Å². The highest BCUT2D eigenvalue weighted by Gasteiger charge is 2.25. The Morgan fingerprint density at radius 2 is 2.00 bits per heavy atom. The Balaban J connectivity index is 2.60. The van der Waals surface area contributed by atoms with Gasteiger partial charge in [-0.05, 0) is 39.8 Å². The number of aromatic amines is 1. The number of nitrogens with one attached hydrogen (secondary N) is 1. The average molecular weight is 269 g/mol. The minimum absolute atomic E-state index is 0.639. The summed E-state index contributed by atoms with van der Waals surface area (Å²) in [6, 6.07) is 8.25. The first-order valence-electron chi connectivity index (χ1n) is 6.52. The number of nitriles is 1. The van der Waals surface area contributed by atoms with Crippen molar-refractivity contribution in [2.24, 2.45) is 0 Å². The summed E-state index contributed by atoms with van der Waals surface area (Å²) in [4.78, 5) is 7.83. The maximum atomic E-state index is 9.23. The van der Waals surface area contributed by atoms with Crippen LogP contribution in [0.2, 0.25) is 0 Å². The van der Waals surface area contributed by atoms with E-state index in [2.05, 4.69) is 16.0 Å². The Morgan fingerprint density at radius 3 is 2.60 bits per heavy atom. The van der Waals surface area contributed by atoms with Gasteiger partial charge in [0.05, 0.1) is 18.9 Å². The van der Waals surface area contributed by atoms with Gasteiger partial charge >= 0.3 is 0 Å². The summed E-state index contributed by atoms with van der Waals surface area (Å²) in [6.45, 7) is 7.69. The number of aromatic nitrogens is 2. The van der Waals surface area contributed by atoms with Crippen LogP contribution < -0.4 is 4.74 Å². The van der Waals surface area contributed by atoms with Crippen LogP contribution in [0.15, 0.2) is 18.2 Å². The molecular formula is C16H19N3O. The highest BCUT2D eigenvalue weighted by molar-refractivity contribution is 5.70. The van der Waals surface area contributed by atoms with Crippen LogP contribution in [0.3, 0.4) is 0 Å². The molecule has 1 heterocycles. The number of H-pyrrole nitrogens is 1. The van der Waals surface area contributed by atoms with Gasteiger partial charge in [0.15, 0.2) is 0 Å². The molecule has 0 spiro atoms. The third-order valence-corrected chi connectivity index (χ3v) is 3.37. The number of hydrogen-bond donors (Lipinski definition) is 1. The van der Waals surface area contributed by atoms with Crippen LogP contribution in [0.5, 0.6) is 5.75 Å². The van der Waals surface area contributed by atoms with Crippen molar-refractivity contribution in [3.05, 3.63) is 35.3 Å². The first-order chi connectivity index (χ1) is 9.39. The topological polar surface area (TPSA) is 61.7 Å². The van der Waals surface area contributed by atoms with E-state index in [0.717, 1.165) is 28.3 Å². The van der Waals surface area contributed by atoms with E-state index in [4.69, 9.17) is 4.74 Å². The normalized spacial score (nSPS) is 11.2. The maximum Gasteiger partial charge on any atom is 0.128 e. The molecule has 0 aliphatic heterocycles. The van der Waals surface area contributed by atoms with Crippen molar-refractivity contribution in [2.45, 2.75) is 33.1 Å². The van der Waals surface area contributed by atoms with Crippen molar-refractivity contribution < 1.29 is 4.74 Å². The van der Waals surface area contributed by atoms with Crippen molar-refractivity contribution in [3.8, 4) is 23.1 Å². The number of imidazole rings is 1. The minimum Gasteiger partial charge on any atom is -0.496 e. The second kappa shape index (κ2) is 5.01. The quantitative estimate of drug-likeness (QED) is 0.927. The van der Waals surface area contributed by atoms with E-state index < -0.39 is 5.41 Å². The molecule has 4 nitrogen and oxygen atoms in total. The Hall–Kier alpha value is -2.28. The predicted molar refractivity (Wildman–Crippen MR) is 78.7 cm³/mol. The van der Waals surface area contributed by atoms with E-state index in [0.29, 0.717) is 5.82 Å². The van der Waals surface area contributed by atoms with Crippen LogP contribution in [0, 0.1) is 25.2 Å². The molecular weight excluding hydrogens is 250 g/mol. The molecule has 1 aromatic carbocycles. The maximum absolute atomic E-state index is 9.23. The number of hydrogen-bond acceptors (Lipinski definition) is 3. The molecule has 0 bridgehead atoms. The largest absolute Gasteiger partial charge is 0.496 e. The van der Waals surface area contributed by atoms with Gasteiger partial charge in [0.25, 0.3) is 0 Å². The summed E-state index contributed by atoms with van der Waals surface area (Å²) < 4.78 is 5.41. The van der Waals surface area contributed by atoms with Crippen LogP contribution >= 0.6 is 0 Å². The summed E-state index contributed by atoms with van der Waals surface area (Å²) in [5.74, 6) is 1.46. The van der Waals surface area contributed by atoms with Crippen molar-refractivity contribution in [1.82, 2.24) is 9.97 Å². The van der Waals surface area contributed by atoms with E-state index in [1.54, 1.807) is 7.11 Å². The highest BCUT2D eigenvalue weighted by atomic mass is 16.5. The fraction of sp³-hybridized carbons (Fsp3) is 0.375. The number of aryl methyl sites for hydroxylation is 2. The van der Waals surface area contributed by atoms with Gasteiger partial charge in [0.1, 0.15) is 17.0 Å². The second-order valence-corrected chi connectivity index (χ2v) is 5.50. The second-order valence-electron chi connectivity index (χ2n) is 5.50. The van der Waals surface area contributed by atoms with Crippen molar-refractivity contribution in [1.29, 1.82) is 5.26 Å². The molecule has 2 aromatic rings. The number of ether oxygens (including phenoxy) is 1. The molecule has 104 valence electrons. The molecule has 0 saturated heterocycles. The lowest BCUT2D eigenvalue weighted by atomic mass is 9.95. The molecule has 0 aliphatic rings. The fourth-order valence-electron chi connectivity index (χ4n) is 2.08. The number of nitrogens with zero attached hydrogens (tertiary/aromatic N) is 2. The number of methoxy groups -OCH3 is 1. The molecule has 4 heteroatoms. The van der Waals surface area contributed by atoms with Gasteiger partial charge in [-0.25, -0.2) is 4.98 Å². The lowest BCUT2D eigenvalue weighted by molar-refractivity contribution is 0.416. The van der Waals surface area contributed by atoms with Crippen LogP contribution in [-0.2, 0) is 5.41 Å². The molecule has 0 amide bonds. The summed E-state index contributed by atoms with van der Waals surface area (Å²) in [5.41, 5.74) is 3.22. The van der Waals surface area contributed by atoms with Gasteiger partial charge in [0.2, 0.25) is 0 Å². The zero-order valence-corrected chi connectivity index (χ0v) is 12.5. The molecule has 0 atom stereocenters. The van der Waals surface area contributed by atoms with Crippen LogP contribution in [0.25, 0.3) is 11.3 Å². The summed E-state index contributed by atoms with van der Waals surface area (Å²) in [6.07, 6.45) is 0. The molecule has 0 aliphatic carbocycles. The van der Waals surface area contributed by atoms with Crippen LogP contribution in [0.1, 0.15) is 30.9 Å². The zero-order valence-electron chi connectivity index (χ0n) is 12.5. The summed E-state index contributed by atoms with van der Waals surface area (Å²) in [7, 11) is 1.65. The fourth-order valence-corrected chi connectivity index (χ4v) is 2.08. The molecule has 2 rings (SSSR count). The molecule has 1 aromatic heterocycles. The number of rotatable bonds is 3. The van der Waals surface area contributed by atoms with Gasteiger partial charge < -0.3 is 9.72 Å². The Morgan fingerprint density at radius 1 is 1.30 bits per heavy atom. The zero-order chi connectivity index (χ0) is 14.9. The Labute approximate surface area is 119 Å². The standard InChI is InChI=1S/C16H19N3O/c1-10-6-7-13(20-5)12(8-10)14-11(2)18-15(19-14)16(3,4)9-17/h6-8H,1-5H3,(H,18,19). The summed E-state index contributed by atoms with van der Waals surface area (Å²) in [5, 5.41) is 9.23. The third kappa shape index (κ3) is 2.39. The predicted octanol–water partition coefficient (Wildman–Crippen LogP) is 3.50. The van der Waals surface area contributed by atoms with E-state index in [1.807, 2.05) is 45.9 Å². The highest BCUT2D eigenvalue weighted by Crippen LogP contribution is 2.33. The molecule has 0 unspecified atom stereocenters. The Kier molecular flexibility index (Phi) is 3.54. The minimum atomic E-state index is -0.639. The molecule has 0 fully saturated rings. The molecule has 20 heavy (non-hydrogen) atoms. The number of benzene rings is 1. The molecule has 0 saturated carbocycles. The van der Waals surface area contributed by atoms with E-state index in [9.17, 15) is 5.26 Å². The first kappa shape index (κ1) is 14.1. The van der Waals surface area contributed by atoms with E-state index >= 15 is 0 Å². The summed E-state index contributed by atoms with van der Waals surface area (Å²) >= 11 is 0. The molecule has 0 radical (unpaired) electrons. The lowest BCUT2D eigenvalue weighted by Gasteiger charge is -2.11. The van der Waals surface area contributed by atoms with Gasteiger partial charge in [-0.1, -0.05) is 11.6 Å². The van der Waals surface area contributed by atoms with Crippen LogP contribution in [0.4, 0.5) is 0 Å². The third-order valence-electron chi connectivity index (χ3n) is 3.37. The molecule has 1 N–H and O–H groups in total. The smallest absolute Gasteiger partial charge is 0.128 e. The van der Waals surface area contributed by atoms with Gasteiger partial charge in [-0.15, -0.1) is 0 Å². The van der Waals surface area contributed by atoms with Crippen molar-refractivity contribution in [2.75, 3.05) is 7.11 Å². The van der Waals surface area contributed by atoms with E-state index in [-0.39, 0.29) is 0 Å². The van der Waals surface area contributed by atoms with Crippen molar-refractivity contribution in [3.63, 3.8) is 0 Å². The monoisotopic (exact) mass is 269 g/mol. The van der Waals surface area contributed by atoms with Gasteiger partial charge in [0, 0.05) is 11.3 Å². The Bertz CT molecular complexity index is 678. The average Bonchev–Trinajstić information content (AvgIpc) is 2.81. The first-order valence-corrected chi connectivity index (χ1v) is 6.52. The van der Waals surface area contributed by atoms with Crippen molar-refractivity contribution >= 4 is 0 Å². The lowest BCUT2D eigenvalue weighted by Crippen LogP contribution is -2.15. The SMILES string of the molecule is COc1ccc(C)cc1-c1nc(C(C)(C)C#N)[nH]c1C.